The van der Waals surface area contributed by atoms with Crippen LogP contribution >= 0.6 is 0 Å². The van der Waals surface area contributed by atoms with Gasteiger partial charge in [-0.3, -0.25) is 0 Å². The minimum Gasteiger partial charge on any atom is -0.480 e. The van der Waals surface area contributed by atoms with Crippen LogP contribution < -0.4 is 5.32 Å². The number of hydrogen-bond donors (Lipinski definition) is 2. The molecule has 0 aromatic carbocycles. The Morgan fingerprint density at radius 2 is 2.05 bits per heavy atom. The van der Waals surface area contributed by atoms with E-state index in [0.717, 1.165) is 19.4 Å². The highest BCUT2D eigenvalue weighted by Gasteiger charge is 2.37. The first-order valence-corrected chi connectivity index (χ1v) is 7.21. The smallest absolute Gasteiger partial charge is 0.329 e. The molecule has 20 heavy (non-hydrogen) atoms. The standard InChI is InChI=1S/C14H27N3O3/c1-6-17(14(3,4)12(18)19)13(20)15-11-7-8-16(5)10(2)9-11/h10-11H,6-9H2,1-5H3,(H,15,20)(H,18,19). The zero-order valence-electron chi connectivity index (χ0n) is 13.1. The van der Waals surface area contributed by atoms with Crippen LogP contribution in [0.25, 0.3) is 0 Å². The number of hydrogen-bond acceptors (Lipinski definition) is 3. The van der Waals surface area contributed by atoms with Gasteiger partial charge in [0.25, 0.3) is 0 Å². The number of carbonyl (C=O) groups is 2. The second kappa shape index (κ2) is 6.43. The number of carboxylic acids is 1. The summed E-state index contributed by atoms with van der Waals surface area (Å²) in [5, 5.41) is 12.2. The van der Waals surface area contributed by atoms with Gasteiger partial charge in [-0.15, -0.1) is 0 Å². The number of nitrogens with zero attached hydrogens (tertiary/aromatic N) is 2. The van der Waals surface area contributed by atoms with Crippen LogP contribution in [-0.2, 0) is 4.79 Å². The zero-order valence-corrected chi connectivity index (χ0v) is 13.1. The van der Waals surface area contributed by atoms with Gasteiger partial charge in [0.1, 0.15) is 5.54 Å². The van der Waals surface area contributed by atoms with Gasteiger partial charge in [0.05, 0.1) is 0 Å². The molecule has 2 N–H and O–H groups in total. The summed E-state index contributed by atoms with van der Waals surface area (Å²) in [4.78, 5) is 27.2. The lowest BCUT2D eigenvalue weighted by atomic mass is 9.99. The van der Waals surface area contributed by atoms with Gasteiger partial charge < -0.3 is 20.2 Å². The van der Waals surface area contributed by atoms with Crippen LogP contribution in [0.15, 0.2) is 0 Å². The van der Waals surface area contributed by atoms with Crippen molar-refractivity contribution in [2.75, 3.05) is 20.1 Å². The SMILES string of the molecule is CCN(C(=O)NC1CCN(C)C(C)C1)C(C)(C)C(=O)O. The average Bonchev–Trinajstić information content (AvgIpc) is 2.34. The van der Waals surface area contributed by atoms with Crippen molar-refractivity contribution in [3.05, 3.63) is 0 Å². The Bertz CT molecular complexity index is 371. The van der Waals surface area contributed by atoms with Gasteiger partial charge in [-0.1, -0.05) is 0 Å². The Kier molecular flexibility index (Phi) is 5.39. The Morgan fingerprint density at radius 3 is 2.50 bits per heavy atom. The molecular formula is C14H27N3O3. The number of carbonyl (C=O) groups excluding carboxylic acids is 1. The monoisotopic (exact) mass is 285 g/mol. The number of piperidine rings is 1. The van der Waals surface area contributed by atoms with E-state index >= 15 is 0 Å². The highest BCUT2D eigenvalue weighted by atomic mass is 16.4. The van der Waals surface area contributed by atoms with Gasteiger partial charge in [-0.25, -0.2) is 9.59 Å². The Morgan fingerprint density at radius 1 is 1.45 bits per heavy atom. The molecule has 6 nitrogen and oxygen atoms in total. The summed E-state index contributed by atoms with van der Waals surface area (Å²) < 4.78 is 0. The number of likely N-dealkylation sites (N-methyl/N-ethyl adjacent to an activating group) is 1. The van der Waals surface area contributed by atoms with Gasteiger partial charge in [0.2, 0.25) is 0 Å². The Hall–Kier alpha value is -1.30. The highest BCUT2D eigenvalue weighted by molar-refractivity contribution is 5.85. The first-order chi connectivity index (χ1) is 9.20. The number of rotatable bonds is 4. The topological polar surface area (TPSA) is 72.9 Å². The molecule has 1 aliphatic heterocycles. The lowest BCUT2D eigenvalue weighted by Gasteiger charge is -2.39. The second-order valence-corrected chi connectivity index (χ2v) is 6.11. The van der Waals surface area contributed by atoms with E-state index in [-0.39, 0.29) is 12.1 Å². The molecular weight excluding hydrogens is 258 g/mol. The number of nitrogens with one attached hydrogen (secondary N) is 1. The fourth-order valence-electron chi connectivity index (χ4n) is 2.58. The van der Waals surface area contributed by atoms with Crippen LogP contribution in [0.5, 0.6) is 0 Å². The quantitative estimate of drug-likeness (QED) is 0.818. The third-order valence-electron chi connectivity index (χ3n) is 4.30. The lowest BCUT2D eigenvalue weighted by Crippen LogP contribution is -2.58. The van der Waals surface area contributed by atoms with Crippen molar-refractivity contribution in [3.8, 4) is 0 Å². The molecule has 0 aromatic heterocycles. The molecule has 1 saturated heterocycles. The maximum atomic E-state index is 12.3. The third kappa shape index (κ3) is 3.62. The van der Waals surface area contributed by atoms with Crippen LogP contribution in [0.4, 0.5) is 4.79 Å². The number of amides is 2. The molecule has 0 bridgehead atoms. The molecule has 2 atom stereocenters. The fourth-order valence-corrected chi connectivity index (χ4v) is 2.58. The summed E-state index contributed by atoms with van der Waals surface area (Å²) in [6, 6.07) is 0.255. The van der Waals surface area contributed by atoms with E-state index in [1.807, 2.05) is 0 Å². The third-order valence-corrected chi connectivity index (χ3v) is 4.30. The van der Waals surface area contributed by atoms with Gasteiger partial charge >= 0.3 is 12.0 Å². The molecule has 2 unspecified atom stereocenters. The predicted molar refractivity (Wildman–Crippen MR) is 77.7 cm³/mol. The first kappa shape index (κ1) is 16.8. The van der Waals surface area contributed by atoms with Crippen molar-refractivity contribution >= 4 is 12.0 Å². The van der Waals surface area contributed by atoms with E-state index in [0.29, 0.717) is 12.6 Å². The van der Waals surface area contributed by atoms with Crippen LogP contribution in [0, 0.1) is 0 Å². The van der Waals surface area contributed by atoms with Crippen LogP contribution in [0.1, 0.15) is 40.5 Å². The first-order valence-electron chi connectivity index (χ1n) is 7.21. The van der Waals surface area contributed by atoms with E-state index in [9.17, 15) is 14.7 Å². The Balaban J connectivity index is 2.67. The summed E-state index contributed by atoms with van der Waals surface area (Å²) in [5.41, 5.74) is -1.20. The number of urea groups is 1. The van der Waals surface area contributed by atoms with Gasteiger partial charge in [-0.2, -0.15) is 0 Å². The second-order valence-electron chi connectivity index (χ2n) is 6.11. The molecule has 2 amide bonds. The minimum absolute atomic E-state index is 0.118. The van der Waals surface area contributed by atoms with Crippen molar-refractivity contribution in [2.24, 2.45) is 0 Å². The molecule has 0 saturated carbocycles. The van der Waals surface area contributed by atoms with Gasteiger partial charge in [0.15, 0.2) is 0 Å². The van der Waals surface area contributed by atoms with Crippen LogP contribution in [0.3, 0.4) is 0 Å². The van der Waals surface area contributed by atoms with Crippen molar-refractivity contribution in [3.63, 3.8) is 0 Å². The van der Waals surface area contributed by atoms with Crippen molar-refractivity contribution < 1.29 is 14.7 Å². The minimum atomic E-state index is -1.20. The van der Waals surface area contributed by atoms with Crippen molar-refractivity contribution in [1.82, 2.24) is 15.1 Å². The van der Waals surface area contributed by atoms with E-state index in [1.165, 1.54) is 4.90 Å². The number of likely N-dealkylation sites (tertiary alicyclic amines) is 1. The molecule has 116 valence electrons. The summed E-state index contributed by atoms with van der Waals surface area (Å²) in [6.07, 6.45) is 1.80. The van der Waals surface area contributed by atoms with E-state index in [4.69, 9.17) is 0 Å². The molecule has 0 aromatic rings. The van der Waals surface area contributed by atoms with Crippen LogP contribution in [0.2, 0.25) is 0 Å². The van der Waals surface area contributed by atoms with Gasteiger partial charge in [-0.05, 0) is 47.6 Å². The molecule has 0 spiro atoms. The number of carboxylic acid groups (broad SMARTS) is 1. The maximum absolute atomic E-state index is 12.3. The normalized spacial score (nSPS) is 24.2. The molecule has 1 heterocycles. The molecule has 1 rings (SSSR count). The molecule has 0 radical (unpaired) electrons. The zero-order chi connectivity index (χ0) is 15.5. The average molecular weight is 285 g/mol. The molecule has 1 aliphatic rings. The highest BCUT2D eigenvalue weighted by Crippen LogP contribution is 2.18. The summed E-state index contributed by atoms with van der Waals surface area (Å²) >= 11 is 0. The number of aliphatic carboxylic acids is 1. The fraction of sp³-hybridized carbons (Fsp3) is 0.857. The Labute approximate surface area is 121 Å². The molecule has 1 fully saturated rings. The summed E-state index contributed by atoms with van der Waals surface area (Å²) in [5.74, 6) is -0.994. The summed E-state index contributed by atoms with van der Waals surface area (Å²) in [7, 11) is 2.08. The van der Waals surface area contributed by atoms with E-state index < -0.39 is 11.5 Å². The van der Waals surface area contributed by atoms with Crippen molar-refractivity contribution in [1.29, 1.82) is 0 Å². The lowest BCUT2D eigenvalue weighted by molar-refractivity contribution is -0.147. The molecule has 6 heteroatoms. The summed E-state index contributed by atoms with van der Waals surface area (Å²) in [6.45, 7) is 8.35. The predicted octanol–water partition coefficient (Wildman–Crippen LogP) is 1.36. The van der Waals surface area contributed by atoms with E-state index in [1.54, 1.807) is 20.8 Å². The molecule has 0 aliphatic carbocycles. The van der Waals surface area contributed by atoms with Crippen LogP contribution in [-0.4, -0.2) is 64.7 Å². The maximum Gasteiger partial charge on any atom is 0.329 e. The van der Waals surface area contributed by atoms with E-state index in [2.05, 4.69) is 24.2 Å². The van der Waals surface area contributed by atoms with Crippen molar-refractivity contribution in [2.45, 2.75) is 58.2 Å². The largest absolute Gasteiger partial charge is 0.480 e. The van der Waals surface area contributed by atoms with Gasteiger partial charge in [0, 0.05) is 25.2 Å².